The van der Waals surface area contributed by atoms with Crippen molar-refractivity contribution in [3.8, 4) is 0 Å². The first-order valence-corrected chi connectivity index (χ1v) is 8.95. The number of nitrogens with one attached hydrogen (secondary N) is 1. The van der Waals surface area contributed by atoms with Crippen LogP contribution in [0.2, 0.25) is 0 Å². The van der Waals surface area contributed by atoms with Gasteiger partial charge in [0.1, 0.15) is 6.54 Å². The molecular formula is C13H17BrN2O3S. The maximum atomic E-state index is 11.9. The SMILES string of the molecule is Cc1ccc(N(CC(=O)NC2CC2)S(C)(=O)=O)cc1Br. The zero-order valence-corrected chi connectivity index (χ0v) is 13.8. The highest BCUT2D eigenvalue weighted by Gasteiger charge is 2.26. The predicted molar refractivity (Wildman–Crippen MR) is 82.2 cm³/mol. The van der Waals surface area contributed by atoms with Gasteiger partial charge in [0.05, 0.1) is 11.9 Å². The highest BCUT2D eigenvalue weighted by molar-refractivity contribution is 9.10. The molecule has 1 amide bonds. The van der Waals surface area contributed by atoms with Crippen LogP contribution in [0.4, 0.5) is 5.69 Å². The van der Waals surface area contributed by atoms with Gasteiger partial charge in [0.2, 0.25) is 15.9 Å². The molecule has 0 radical (unpaired) electrons. The van der Waals surface area contributed by atoms with Gasteiger partial charge in [-0.15, -0.1) is 0 Å². The minimum atomic E-state index is -3.51. The Kier molecular flexibility index (Phi) is 4.39. The summed E-state index contributed by atoms with van der Waals surface area (Å²) < 4.78 is 25.7. The lowest BCUT2D eigenvalue weighted by molar-refractivity contribution is -0.119. The predicted octanol–water partition coefficient (Wildman–Crippen LogP) is 1.80. The first-order valence-electron chi connectivity index (χ1n) is 6.30. The largest absolute Gasteiger partial charge is 0.352 e. The number of anilines is 1. The number of hydrogen-bond acceptors (Lipinski definition) is 3. The molecule has 0 saturated heterocycles. The molecule has 1 aromatic rings. The Labute approximate surface area is 127 Å². The number of rotatable bonds is 5. The molecule has 7 heteroatoms. The van der Waals surface area contributed by atoms with Gasteiger partial charge in [0, 0.05) is 10.5 Å². The summed E-state index contributed by atoms with van der Waals surface area (Å²) in [6.45, 7) is 1.73. The summed E-state index contributed by atoms with van der Waals surface area (Å²) in [5, 5.41) is 2.80. The summed E-state index contributed by atoms with van der Waals surface area (Å²) in [6.07, 6.45) is 3.05. The summed E-state index contributed by atoms with van der Waals surface area (Å²) in [4.78, 5) is 11.8. The molecule has 1 aromatic carbocycles. The van der Waals surface area contributed by atoms with E-state index in [1.54, 1.807) is 12.1 Å². The van der Waals surface area contributed by atoms with Gasteiger partial charge in [-0.25, -0.2) is 8.42 Å². The molecule has 0 atom stereocenters. The molecule has 0 bridgehead atoms. The van der Waals surface area contributed by atoms with Crippen molar-refractivity contribution in [2.45, 2.75) is 25.8 Å². The standard InChI is InChI=1S/C13H17BrN2O3S/c1-9-3-6-11(7-12(9)14)16(20(2,18)19)8-13(17)15-10-4-5-10/h3,6-7,10H,4-5,8H2,1-2H3,(H,15,17). The lowest BCUT2D eigenvalue weighted by Crippen LogP contribution is -2.41. The Morgan fingerprint density at radius 3 is 2.60 bits per heavy atom. The summed E-state index contributed by atoms with van der Waals surface area (Å²) in [7, 11) is -3.51. The Balaban J connectivity index is 2.22. The van der Waals surface area contributed by atoms with Crippen LogP contribution in [0, 0.1) is 6.92 Å². The number of carbonyl (C=O) groups is 1. The second-order valence-electron chi connectivity index (χ2n) is 5.04. The van der Waals surface area contributed by atoms with Gasteiger partial charge in [-0.2, -0.15) is 0 Å². The average Bonchev–Trinajstić information content (AvgIpc) is 3.12. The number of nitrogens with zero attached hydrogens (tertiary/aromatic N) is 1. The molecule has 5 nitrogen and oxygen atoms in total. The number of halogens is 1. The van der Waals surface area contributed by atoms with Crippen LogP contribution in [0.3, 0.4) is 0 Å². The molecule has 2 rings (SSSR count). The second kappa shape index (κ2) is 5.73. The van der Waals surface area contributed by atoms with Gasteiger partial charge >= 0.3 is 0 Å². The van der Waals surface area contributed by atoms with Crippen molar-refractivity contribution in [2.24, 2.45) is 0 Å². The monoisotopic (exact) mass is 360 g/mol. The van der Waals surface area contributed by atoms with Crippen molar-refractivity contribution < 1.29 is 13.2 Å². The molecule has 0 spiro atoms. The van der Waals surface area contributed by atoms with Crippen molar-refractivity contribution in [1.29, 1.82) is 0 Å². The second-order valence-corrected chi connectivity index (χ2v) is 7.81. The molecule has 20 heavy (non-hydrogen) atoms. The van der Waals surface area contributed by atoms with E-state index in [0.29, 0.717) is 5.69 Å². The zero-order valence-electron chi connectivity index (χ0n) is 11.4. The number of amides is 1. The van der Waals surface area contributed by atoms with E-state index in [9.17, 15) is 13.2 Å². The molecular weight excluding hydrogens is 344 g/mol. The fourth-order valence-electron chi connectivity index (χ4n) is 1.77. The first kappa shape index (κ1) is 15.3. The van der Waals surface area contributed by atoms with E-state index < -0.39 is 10.0 Å². The van der Waals surface area contributed by atoms with Crippen LogP contribution in [-0.4, -0.2) is 33.2 Å². The number of benzene rings is 1. The zero-order chi connectivity index (χ0) is 14.9. The van der Waals surface area contributed by atoms with Gasteiger partial charge < -0.3 is 5.32 Å². The maximum Gasteiger partial charge on any atom is 0.240 e. The van der Waals surface area contributed by atoms with Gasteiger partial charge in [0.25, 0.3) is 0 Å². The molecule has 1 saturated carbocycles. The Morgan fingerprint density at radius 1 is 1.45 bits per heavy atom. The van der Waals surface area contributed by atoms with Gasteiger partial charge in [0.15, 0.2) is 0 Å². The van der Waals surface area contributed by atoms with E-state index >= 15 is 0 Å². The summed E-state index contributed by atoms with van der Waals surface area (Å²) in [5.74, 6) is -0.269. The van der Waals surface area contributed by atoms with E-state index in [1.165, 1.54) is 0 Å². The molecule has 0 aliphatic heterocycles. The van der Waals surface area contributed by atoms with Crippen LogP contribution in [-0.2, 0) is 14.8 Å². The van der Waals surface area contributed by atoms with E-state index in [0.717, 1.165) is 33.4 Å². The topological polar surface area (TPSA) is 66.5 Å². The number of hydrogen-bond donors (Lipinski definition) is 1. The van der Waals surface area contributed by atoms with Crippen molar-refractivity contribution in [2.75, 3.05) is 17.1 Å². The third-order valence-electron chi connectivity index (χ3n) is 3.07. The lowest BCUT2D eigenvalue weighted by atomic mass is 10.2. The number of aryl methyl sites for hydroxylation is 1. The Morgan fingerprint density at radius 2 is 2.10 bits per heavy atom. The smallest absolute Gasteiger partial charge is 0.240 e. The molecule has 1 aliphatic carbocycles. The van der Waals surface area contributed by atoms with Crippen LogP contribution in [0.15, 0.2) is 22.7 Å². The fourth-order valence-corrected chi connectivity index (χ4v) is 2.98. The van der Waals surface area contributed by atoms with E-state index in [1.807, 2.05) is 13.0 Å². The molecule has 0 unspecified atom stereocenters. The summed E-state index contributed by atoms with van der Waals surface area (Å²) in [6, 6.07) is 5.44. The average molecular weight is 361 g/mol. The maximum absolute atomic E-state index is 11.9. The molecule has 1 fully saturated rings. The third kappa shape index (κ3) is 3.96. The highest BCUT2D eigenvalue weighted by atomic mass is 79.9. The normalized spacial score (nSPS) is 14.9. The van der Waals surface area contributed by atoms with Gasteiger partial charge in [-0.05, 0) is 37.5 Å². The Hall–Kier alpha value is -1.08. The lowest BCUT2D eigenvalue weighted by Gasteiger charge is -2.22. The van der Waals surface area contributed by atoms with Gasteiger partial charge in [-0.3, -0.25) is 9.10 Å². The van der Waals surface area contributed by atoms with Crippen LogP contribution in [0.1, 0.15) is 18.4 Å². The molecule has 0 heterocycles. The van der Waals surface area contributed by atoms with Gasteiger partial charge in [-0.1, -0.05) is 22.0 Å². The van der Waals surface area contributed by atoms with Crippen molar-refractivity contribution in [1.82, 2.24) is 5.32 Å². The number of carbonyl (C=O) groups excluding carboxylic acids is 1. The fraction of sp³-hybridized carbons (Fsp3) is 0.462. The van der Waals surface area contributed by atoms with E-state index in [4.69, 9.17) is 0 Å². The van der Waals surface area contributed by atoms with Crippen LogP contribution in [0.5, 0.6) is 0 Å². The third-order valence-corrected chi connectivity index (χ3v) is 5.07. The minimum absolute atomic E-state index is 0.190. The molecule has 0 aromatic heterocycles. The highest BCUT2D eigenvalue weighted by Crippen LogP contribution is 2.25. The first-order chi connectivity index (χ1) is 9.27. The van der Waals surface area contributed by atoms with Crippen molar-refractivity contribution in [3.63, 3.8) is 0 Å². The minimum Gasteiger partial charge on any atom is -0.352 e. The molecule has 110 valence electrons. The van der Waals surface area contributed by atoms with E-state index in [-0.39, 0.29) is 18.5 Å². The van der Waals surface area contributed by atoms with Crippen LogP contribution < -0.4 is 9.62 Å². The van der Waals surface area contributed by atoms with Crippen LogP contribution >= 0.6 is 15.9 Å². The molecule has 1 aliphatic rings. The Bertz CT molecular complexity index is 627. The number of sulfonamides is 1. The summed E-state index contributed by atoms with van der Waals surface area (Å²) >= 11 is 3.38. The summed E-state index contributed by atoms with van der Waals surface area (Å²) in [5.41, 5.74) is 1.49. The molecule has 1 N–H and O–H groups in total. The quantitative estimate of drug-likeness (QED) is 0.870. The van der Waals surface area contributed by atoms with Crippen molar-refractivity contribution >= 4 is 37.5 Å². The van der Waals surface area contributed by atoms with Crippen molar-refractivity contribution in [3.05, 3.63) is 28.2 Å². The van der Waals surface area contributed by atoms with Crippen LogP contribution in [0.25, 0.3) is 0 Å². The van der Waals surface area contributed by atoms with E-state index in [2.05, 4.69) is 21.2 Å².